The Morgan fingerprint density at radius 1 is 1.25 bits per heavy atom. The summed E-state index contributed by atoms with van der Waals surface area (Å²) in [5.74, 6) is 1.09. The highest BCUT2D eigenvalue weighted by Crippen LogP contribution is 2.21. The molecule has 1 aromatic carbocycles. The van der Waals surface area contributed by atoms with E-state index < -0.39 is 0 Å². The van der Waals surface area contributed by atoms with Crippen LogP contribution in [0.3, 0.4) is 0 Å². The minimum atomic E-state index is 1.09. The SMILES string of the molecule is Cn1c(-n2cc(I)cn2)cc2ccccc21. The molecule has 2 heterocycles. The molecule has 3 rings (SSSR count). The lowest BCUT2D eigenvalue weighted by Crippen LogP contribution is -2.01. The highest BCUT2D eigenvalue weighted by Gasteiger charge is 2.07. The number of hydrogen-bond donors (Lipinski definition) is 0. The molecule has 0 saturated heterocycles. The van der Waals surface area contributed by atoms with Gasteiger partial charge in [0, 0.05) is 24.1 Å². The fraction of sp³-hybridized carbons (Fsp3) is 0.0833. The minimum absolute atomic E-state index is 1.09. The van der Waals surface area contributed by atoms with Crippen LogP contribution in [0.2, 0.25) is 0 Å². The smallest absolute Gasteiger partial charge is 0.134 e. The number of halogens is 1. The van der Waals surface area contributed by atoms with Gasteiger partial charge in [-0.25, -0.2) is 4.68 Å². The van der Waals surface area contributed by atoms with Gasteiger partial charge in [-0.2, -0.15) is 5.10 Å². The molecule has 2 aromatic heterocycles. The minimum Gasteiger partial charge on any atom is -0.329 e. The second-order valence-corrected chi connectivity index (χ2v) is 4.97. The van der Waals surface area contributed by atoms with Crippen molar-refractivity contribution >= 4 is 33.5 Å². The molecule has 0 aliphatic heterocycles. The number of aryl methyl sites for hydroxylation is 1. The molecule has 16 heavy (non-hydrogen) atoms. The summed E-state index contributed by atoms with van der Waals surface area (Å²) < 4.78 is 5.20. The summed E-state index contributed by atoms with van der Waals surface area (Å²) in [7, 11) is 2.06. The van der Waals surface area contributed by atoms with Crippen molar-refractivity contribution in [2.45, 2.75) is 0 Å². The van der Waals surface area contributed by atoms with E-state index in [1.54, 1.807) is 0 Å². The fourth-order valence-corrected chi connectivity index (χ4v) is 2.31. The first-order chi connectivity index (χ1) is 7.75. The van der Waals surface area contributed by atoms with Crippen molar-refractivity contribution in [3.05, 3.63) is 46.3 Å². The van der Waals surface area contributed by atoms with E-state index in [1.165, 1.54) is 10.9 Å². The molecular weight excluding hydrogens is 313 g/mol. The van der Waals surface area contributed by atoms with E-state index in [2.05, 4.69) is 69.6 Å². The standard InChI is InChI=1S/C12H10IN3/c1-15-11-5-3-2-4-9(11)6-12(15)16-8-10(13)7-14-16/h2-8H,1H3. The third-order valence-electron chi connectivity index (χ3n) is 2.71. The van der Waals surface area contributed by atoms with Crippen LogP contribution >= 0.6 is 22.6 Å². The molecule has 4 heteroatoms. The predicted molar refractivity (Wildman–Crippen MR) is 72.8 cm³/mol. The van der Waals surface area contributed by atoms with Gasteiger partial charge in [0.25, 0.3) is 0 Å². The number of para-hydroxylation sites is 1. The molecule has 0 spiro atoms. The third-order valence-corrected chi connectivity index (χ3v) is 3.27. The Hall–Kier alpha value is -1.30. The molecule has 3 nitrogen and oxygen atoms in total. The van der Waals surface area contributed by atoms with Crippen molar-refractivity contribution in [3.63, 3.8) is 0 Å². The van der Waals surface area contributed by atoms with Crippen LogP contribution in [0.4, 0.5) is 0 Å². The van der Waals surface area contributed by atoms with Crippen LogP contribution in [0.1, 0.15) is 0 Å². The summed E-state index contributed by atoms with van der Waals surface area (Å²) in [6, 6.07) is 10.5. The van der Waals surface area contributed by atoms with Crippen LogP contribution in [0.25, 0.3) is 16.7 Å². The Morgan fingerprint density at radius 3 is 2.75 bits per heavy atom. The van der Waals surface area contributed by atoms with Gasteiger partial charge in [-0.3, -0.25) is 0 Å². The predicted octanol–water partition coefficient (Wildman–Crippen LogP) is 2.97. The van der Waals surface area contributed by atoms with Crippen molar-refractivity contribution in [2.75, 3.05) is 0 Å². The summed E-state index contributed by atoms with van der Waals surface area (Å²) in [5, 5.41) is 5.57. The average Bonchev–Trinajstić information content (AvgIpc) is 2.84. The first kappa shape index (κ1) is 9.89. The van der Waals surface area contributed by atoms with Crippen molar-refractivity contribution < 1.29 is 0 Å². The maximum Gasteiger partial charge on any atom is 0.134 e. The average molecular weight is 323 g/mol. The van der Waals surface area contributed by atoms with Crippen LogP contribution < -0.4 is 0 Å². The number of nitrogens with zero attached hydrogens (tertiary/aromatic N) is 3. The van der Waals surface area contributed by atoms with Crippen molar-refractivity contribution in [1.29, 1.82) is 0 Å². The number of hydrogen-bond acceptors (Lipinski definition) is 1. The Labute approximate surface area is 107 Å². The highest BCUT2D eigenvalue weighted by molar-refractivity contribution is 14.1. The van der Waals surface area contributed by atoms with Gasteiger partial charge in [0.2, 0.25) is 0 Å². The molecule has 0 amide bonds. The van der Waals surface area contributed by atoms with Gasteiger partial charge in [-0.05, 0) is 34.7 Å². The largest absolute Gasteiger partial charge is 0.329 e. The number of fused-ring (bicyclic) bond motifs is 1. The second-order valence-electron chi connectivity index (χ2n) is 3.72. The molecule has 0 saturated carbocycles. The molecule has 0 atom stereocenters. The quantitative estimate of drug-likeness (QED) is 0.632. The van der Waals surface area contributed by atoms with Crippen molar-refractivity contribution in [3.8, 4) is 5.82 Å². The lowest BCUT2D eigenvalue weighted by Gasteiger charge is -2.02. The topological polar surface area (TPSA) is 22.8 Å². The van der Waals surface area contributed by atoms with Crippen LogP contribution in [0.5, 0.6) is 0 Å². The number of rotatable bonds is 1. The van der Waals surface area contributed by atoms with E-state index in [0.29, 0.717) is 0 Å². The summed E-state index contributed by atoms with van der Waals surface area (Å²) in [4.78, 5) is 0. The highest BCUT2D eigenvalue weighted by atomic mass is 127. The van der Waals surface area contributed by atoms with Crippen LogP contribution in [-0.4, -0.2) is 14.3 Å². The Balaban J connectivity index is 2.28. The summed E-state index contributed by atoms with van der Waals surface area (Å²) in [5.41, 5.74) is 1.23. The zero-order chi connectivity index (χ0) is 11.1. The van der Waals surface area contributed by atoms with Gasteiger partial charge in [0.05, 0.1) is 9.77 Å². The molecule has 0 unspecified atom stereocenters. The molecule has 0 aliphatic carbocycles. The molecule has 3 aromatic rings. The molecule has 0 radical (unpaired) electrons. The number of aromatic nitrogens is 3. The Bertz CT molecular complexity index is 651. The van der Waals surface area contributed by atoms with E-state index in [4.69, 9.17) is 0 Å². The molecule has 0 aliphatic rings. The van der Waals surface area contributed by atoms with E-state index in [0.717, 1.165) is 9.39 Å². The van der Waals surface area contributed by atoms with Crippen LogP contribution in [0.15, 0.2) is 42.7 Å². The Kier molecular flexibility index (Phi) is 2.24. The maximum atomic E-state index is 4.33. The molecule has 0 fully saturated rings. The monoisotopic (exact) mass is 323 g/mol. The Morgan fingerprint density at radius 2 is 2.06 bits per heavy atom. The van der Waals surface area contributed by atoms with Crippen molar-refractivity contribution in [1.82, 2.24) is 14.3 Å². The maximum absolute atomic E-state index is 4.33. The van der Waals surface area contributed by atoms with E-state index in [1.807, 2.05) is 17.1 Å². The lowest BCUT2D eigenvalue weighted by molar-refractivity contribution is 0.787. The zero-order valence-electron chi connectivity index (χ0n) is 8.76. The van der Waals surface area contributed by atoms with Gasteiger partial charge in [-0.1, -0.05) is 18.2 Å². The lowest BCUT2D eigenvalue weighted by atomic mass is 10.2. The van der Waals surface area contributed by atoms with Gasteiger partial charge >= 0.3 is 0 Å². The third kappa shape index (κ3) is 1.44. The molecule has 0 bridgehead atoms. The first-order valence-electron chi connectivity index (χ1n) is 5.01. The van der Waals surface area contributed by atoms with Crippen LogP contribution in [-0.2, 0) is 7.05 Å². The summed E-state index contributed by atoms with van der Waals surface area (Å²) in [6.45, 7) is 0. The zero-order valence-corrected chi connectivity index (χ0v) is 10.9. The van der Waals surface area contributed by atoms with E-state index >= 15 is 0 Å². The molecule has 0 N–H and O–H groups in total. The summed E-state index contributed by atoms with van der Waals surface area (Å²) in [6.07, 6.45) is 3.88. The van der Waals surface area contributed by atoms with Crippen LogP contribution in [0, 0.1) is 3.57 Å². The van der Waals surface area contributed by atoms with Gasteiger partial charge in [0.1, 0.15) is 5.82 Å². The van der Waals surface area contributed by atoms with Gasteiger partial charge in [-0.15, -0.1) is 0 Å². The normalized spacial score (nSPS) is 11.1. The fourth-order valence-electron chi connectivity index (χ4n) is 1.92. The summed E-state index contributed by atoms with van der Waals surface area (Å²) >= 11 is 2.26. The number of benzene rings is 1. The first-order valence-corrected chi connectivity index (χ1v) is 6.08. The molecule has 80 valence electrons. The second kappa shape index (κ2) is 3.62. The van der Waals surface area contributed by atoms with Crippen molar-refractivity contribution in [2.24, 2.45) is 7.05 Å². The van der Waals surface area contributed by atoms with E-state index in [9.17, 15) is 0 Å². The van der Waals surface area contributed by atoms with Gasteiger partial charge < -0.3 is 4.57 Å². The van der Waals surface area contributed by atoms with E-state index in [-0.39, 0.29) is 0 Å². The van der Waals surface area contributed by atoms with Gasteiger partial charge in [0.15, 0.2) is 0 Å². The molecular formula is C12H10IN3.